The van der Waals surface area contributed by atoms with Crippen molar-refractivity contribution < 1.29 is 9.90 Å². The molecular formula is C20H32Cl2N4O2. The van der Waals surface area contributed by atoms with Gasteiger partial charge in [0.15, 0.2) is 0 Å². The van der Waals surface area contributed by atoms with Crippen LogP contribution in [0.25, 0.3) is 0 Å². The second-order valence-electron chi connectivity index (χ2n) is 8.09. The predicted octanol–water partition coefficient (Wildman–Crippen LogP) is 1.47. The highest BCUT2D eigenvalue weighted by atomic mass is 35.5. The summed E-state index contributed by atoms with van der Waals surface area (Å²) in [6.07, 6.45) is 1.48. The van der Waals surface area contributed by atoms with Crippen molar-refractivity contribution in [1.82, 2.24) is 15.1 Å². The number of likely N-dealkylation sites (N-methyl/N-ethyl adjacent to an activating group) is 1. The standard InChI is InChI=1S/C20H30N4O2.2ClH/c1-22-10-12-23(13-11-22)18-4-2-16(3-5-18)19(25)24-9-7-20(26)6-8-21-14-17(20)15-24;;/h2-5,17,21,26H,6-15H2,1H3;2*1H/t17-,20-;;/m0../s1. The van der Waals surface area contributed by atoms with Gasteiger partial charge in [-0.25, -0.2) is 0 Å². The number of amides is 1. The second kappa shape index (κ2) is 9.63. The molecule has 8 heteroatoms. The van der Waals surface area contributed by atoms with E-state index in [1.165, 1.54) is 5.69 Å². The summed E-state index contributed by atoms with van der Waals surface area (Å²) in [5.74, 6) is 0.223. The fourth-order valence-electron chi connectivity index (χ4n) is 4.47. The van der Waals surface area contributed by atoms with Crippen LogP contribution in [0.5, 0.6) is 0 Å². The van der Waals surface area contributed by atoms with Crippen LogP contribution in [0, 0.1) is 5.92 Å². The first-order valence-corrected chi connectivity index (χ1v) is 9.81. The normalized spacial score (nSPS) is 28.0. The predicted molar refractivity (Wildman–Crippen MR) is 117 cm³/mol. The maximum Gasteiger partial charge on any atom is 0.253 e. The van der Waals surface area contributed by atoms with Crippen molar-refractivity contribution in [2.45, 2.75) is 18.4 Å². The van der Waals surface area contributed by atoms with Gasteiger partial charge in [0, 0.05) is 63.0 Å². The van der Waals surface area contributed by atoms with Gasteiger partial charge in [-0.05, 0) is 50.7 Å². The lowest BCUT2D eigenvalue weighted by Gasteiger charge is -2.47. The van der Waals surface area contributed by atoms with Gasteiger partial charge < -0.3 is 25.1 Å². The summed E-state index contributed by atoms with van der Waals surface area (Å²) in [5.41, 5.74) is 1.35. The van der Waals surface area contributed by atoms with Crippen molar-refractivity contribution in [2.75, 3.05) is 64.3 Å². The lowest BCUT2D eigenvalue weighted by Crippen LogP contribution is -2.59. The molecule has 0 aromatic heterocycles. The van der Waals surface area contributed by atoms with Crippen LogP contribution >= 0.6 is 24.8 Å². The molecule has 3 fully saturated rings. The number of carbonyl (C=O) groups excluding carboxylic acids is 1. The monoisotopic (exact) mass is 430 g/mol. The summed E-state index contributed by atoms with van der Waals surface area (Å²) in [5, 5.41) is 14.1. The zero-order valence-corrected chi connectivity index (χ0v) is 18.1. The Bertz CT molecular complexity index is 652. The maximum atomic E-state index is 12.9. The van der Waals surface area contributed by atoms with Crippen LogP contribution < -0.4 is 10.2 Å². The highest BCUT2D eigenvalue weighted by molar-refractivity contribution is 5.94. The lowest BCUT2D eigenvalue weighted by atomic mass is 9.76. The molecule has 3 saturated heterocycles. The smallest absolute Gasteiger partial charge is 0.253 e. The van der Waals surface area contributed by atoms with Crippen molar-refractivity contribution in [1.29, 1.82) is 0 Å². The van der Waals surface area contributed by atoms with Gasteiger partial charge in [-0.15, -0.1) is 24.8 Å². The molecule has 3 aliphatic rings. The molecule has 0 bridgehead atoms. The Kier molecular flexibility index (Phi) is 7.99. The number of carbonyl (C=O) groups is 1. The molecule has 0 aliphatic carbocycles. The molecule has 6 nitrogen and oxygen atoms in total. The summed E-state index contributed by atoms with van der Waals surface area (Å²) in [6, 6.07) is 8.05. The average Bonchev–Trinajstić information content (AvgIpc) is 2.67. The minimum atomic E-state index is -0.590. The molecule has 0 saturated carbocycles. The number of piperidine rings is 2. The molecule has 2 atom stereocenters. The Balaban J connectivity index is 0.00000140. The van der Waals surface area contributed by atoms with Crippen LogP contribution in [0.15, 0.2) is 24.3 Å². The molecule has 0 radical (unpaired) electrons. The van der Waals surface area contributed by atoms with Crippen LogP contribution in [-0.2, 0) is 0 Å². The number of likely N-dealkylation sites (tertiary alicyclic amines) is 1. The molecule has 1 amide bonds. The minimum Gasteiger partial charge on any atom is -0.389 e. The first-order valence-electron chi connectivity index (χ1n) is 9.81. The third kappa shape index (κ3) is 4.74. The highest BCUT2D eigenvalue weighted by Gasteiger charge is 2.43. The lowest BCUT2D eigenvalue weighted by molar-refractivity contribution is -0.0817. The van der Waals surface area contributed by atoms with Crippen LogP contribution in [0.1, 0.15) is 23.2 Å². The summed E-state index contributed by atoms with van der Waals surface area (Å²) in [6.45, 7) is 7.16. The average molecular weight is 431 g/mol. The molecular weight excluding hydrogens is 399 g/mol. The van der Waals surface area contributed by atoms with Crippen molar-refractivity contribution in [2.24, 2.45) is 5.92 Å². The van der Waals surface area contributed by atoms with E-state index in [0.717, 1.165) is 51.3 Å². The zero-order chi connectivity index (χ0) is 18.1. The van der Waals surface area contributed by atoms with E-state index in [1.54, 1.807) is 0 Å². The molecule has 1 aromatic carbocycles. The third-order valence-corrected chi connectivity index (χ3v) is 6.41. The Labute approximate surface area is 180 Å². The summed E-state index contributed by atoms with van der Waals surface area (Å²) in [7, 11) is 2.15. The van der Waals surface area contributed by atoms with Gasteiger partial charge >= 0.3 is 0 Å². The Morgan fingerprint density at radius 1 is 1.07 bits per heavy atom. The van der Waals surface area contributed by atoms with Gasteiger partial charge in [-0.3, -0.25) is 4.79 Å². The summed E-state index contributed by atoms with van der Waals surface area (Å²) in [4.78, 5) is 19.5. The topological polar surface area (TPSA) is 59.0 Å². The van der Waals surface area contributed by atoms with E-state index in [1.807, 2.05) is 17.0 Å². The van der Waals surface area contributed by atoms with E-state index < -0.39 is 5.60 Å². The SMILES string of the molecule is CN1CCN(c2ccc(C(=O)N3CC[C@@]4(O)CCNC[C@H]4C3)cc2)CC1.Cl.Cl. The van der Waals surface area contributed by atoms with Crippen molar-refractivity contribution >= 4 is 36.4 Å². The number of piperazine rings is 1. The highest BCUT2D eigenvalue weighted by Crippen LogP contribution is 2.33. The van der Waals surface area contributed by atoms with E-state index in [0.29, 0.717) is 19.5 Å². The second-order valence-corrected chi connectivity index (χ2v) is 8.09. The maximum absolute atomic E-state index is 12.9. The molecule has 0 unspecified atom stereocenters. The van der Waals surface area contributed by atoms with Gasteiger partial charge in [0.1, 0.15) is 0 Å². The molecule has 3 aliphatic heterocycles. The number of hydrogen-bond donors (Lipinski definition) is 2. The molecule has 3 heterocycles. The van der Waals surface area contributed by atoms with Crippen LogP contribution in [0.2, 0.25) is 0 Å². The van der Waals surface area contributed by atoms with Crippen LogP contribution in [0.4, 0.5) is 5.69 Å². The van der Waals surface area contributed by atoms with Gasteiger partial charge in [0.25, 0.3) is 5.91 Å². The van der Waals surface area contributed by atoms with E-state index in [9.17, 15) is 9.90 Å². The van der Waals surface area contributed by atoms with Gasteiger partial charge in [-0.1, -0.05) is 0 Å². The van der Waals surface area contributed by atoms with Crippen molar-refractivity contribution in [3.63, 3.8) is 0 Å². The Morgan fingerprint density at radius 3 is 2.43 bits per heavy atom. The third-order valence-electron chi connectivity index (χ3n) is 6.41. The number of hydrogen-bond acceptors (Lipinski definition) is 5. The minimum absolute atomic E-state index is 0. The largest absolute Gasteiger partial charge is 0.389 e. The van der Waals surface area contributed by atoms with Crippen molar-refractivity contribution in [3.8, 4) is 0 Å². The fourth-order valence-corrected chi connectivity index (χ4v) is 4.47. The summed E-state index contributed by atoms with van der Waals surface area (Å²) >= 11 is 0. The molecule has 2 N–H and O–H groups in total. The Hall–Kier alpha value is -1.05. The number of aliphatic hydroxyl groups is 1. The Morgan fingerprint density at radius 2 is 1.75 bits per heavy atom. The fraction of sp³-hybridized carbons (Fsp3) is 0.650. The zero-order valence-electron chi connectivity index (χ0n) is 16.5. The molecule has 4 rings (SSSR count). The first-order chi connectivity index (χ1) is 12.5. The van der Waals surface area contributed by atoms with E-state index in [4.69, 9.17) is 0 Å². The molecule has 28 heavy (non-hydrogen) atoms. The van der Waals surface area contributed by atoms with Crippen LogP contribution in [-0.4, -0.2) is 85.8 Å². The molecule has 1 aromatic rings. The number of nitrogens with zero attached hydrogens (tertiary/aromatic N) is 3. The number of nitrogens with one attached hydrogen (secondary N) is 1. The van der Waals surface area contributed by atoms with E-state index in [-0.39, 0.29) is 36.6 Å². The summed E-state index contributed by atoms with van der Waals surface area (Å²) < 4.78 is 0. The first kappa shape index (κ1) is 23.2. The van der Waals surface area contributed by atoms with E-state index in [2.05, 4.69) is 34.3 Å². The number of benzene rings is 1. The number of anilines is 1. The van der Waals surface area contributed by atoms with E-state index >= 15 is 0 Å². The molecule has 158 valence electrons. The molecule has 0 spiro atoms. The van der Waals surface area contributed by atoms with Gasteiger partial charge in [-0.2, -0.15) is 0 Å². The van der Waals surface area contributed by atoms with Gasteiger partial charge in [0.05, 0.1) is 5.60 Å². The number of rotatable bonds is 2. The van der Waals surface area contributed by atoms with Gasteiger partial charge in [0.2, 0.25) is 0 Å². The van der Waals surface area contributed by atoms with Crippen LogP contribution in [0.3, 0.4) is 0 Å². The van der Waals surface area contributed by atoms with Crippen molar-refractivity contribution in [3.05, 3.63) is 29.8 Å². The number of fused-ring (bicyclic) bond motifs is 1. The number of halogens is 2. The quantitative estimate of drug-likeness (QED) is 0.743.